The predicted octanol–water partition coefficient (Wildman–Crippen LogP) is 3.71. The molecule has 1 N–H and O–H groups in total. The molecule has 0 saturated carbocycles. The number of nitrogens with one attached hydrogen (secondary N) is 1. The van der Waals surface area contributed by atoms with E-state index in [0.29, 0.717) is 6.54 Å². The molecule has 0 saturated heterocycles. The molecule has 0 atom stereocenters. The number of aromatic nitrogens is 2. The molecule has 0 bridgehead atoms. The molecule has 0 aliphatic carbocycles. The van der Waals surface area contributed by atoms with E-state index in [4.69, 9.17) is 4.74 Å². The van der Waals surface area contributed by atoms with Gasteiger partial charge in [-0.05, 0) is 45.4 Å². The first-order valence-corrected chi connectivity index (χ1v) is 7.72. The summed E-state index contributed by atoms with van der Waals surface area (Å²) in [7, 11) is 0. The van der Waals surface area contributed by atoms with Gasteiger partial charge in [0, 0.05) is 17.6 Å². The van der Waals surface area contributed by atoms with E-state index in [1.165, 1.54) is 0 Å². The maximum Gasteiger partial charge on any atom is 0.407 e. The maximum absolute atomic E-state index is 11.5. The topological polar surface area (TPSA) is 56.1 Å². The second-order valence-corrected chi connectivity index (χ2v) is 6.77. The standard InChI is InChI=1S/C15H20BrN3O2/c1-15(2,3)21-14(20)17-7-4-8-19-10-18-12-6-5-11(16)9-13(12)19/h5-6,9-10H,4,7-8H2,1-3H3,(H,17,20). The molecule has 1 aromatic carbocycles. The monoisotopic (exact) mass is 353 g/mol. The Bertz CT molecular complexity index is 631. The number of nitrogens with zero attached hydrogens (tertiary/aromatic N) is 2. The Morgan fingerprint density at radius 3 is 2.90 bits per heavy atom. The molecule has 0 radical (unpaired) electrons. The van der Waals surface area contributed by atoms with Gasteiger partial charge in [0.25, 0.3) is 0 Å². The van der Waals surface area contributed by atoms with Gasteiger partial charge in [0.1, 0.15) is 5.60 Å². The first-order valence-electron chi connectivity index (χ1n) is 6.92. The number of amides is 1. The Morgan fingerprint density at radius 1 is 1.43 bits per heavy atom. The van der Waals surface area contributed by atoms with Crippen LogP contribution in [0.3, 0.4) is 0 Å². The summed E-state index contributed by atoms with van der Waals surface area (Å²) in [6, 6.07) is 6.00. The summed E-state index contributed by atoms with van der Waals surface area (Å²) in [6.45, 7) is 6.91. The van der Waals surface area contributed by atoms with Gasteiger partial charge in [-0.25, -0.2) is 9.78 Å². The summed E-state index contributed by atoms with van der Waals surface area (Å²) in [6.07, 6.45) is 2.27. The largest absolute Gasteiger partial charge is 0.444 e. The van der Waals surface area contributed by atoms with Gasteiger partial charge < -0.3 is 14.6 Å². The minimum Gasteiger partial charge on any atom is -0.444 e. The Kier molecular flexibility index (Phi) is 4.88. The zero-order valence-corrected chi connectivity index (χ0v) is 14.1. The molecule has 0 fully saturated rings. The van der Waals surface area contributed by atoms with E-state index in [0.717, 1.165) is 28.5 Å². The number of carbonyl (C=O) groups is 1. The smallest absolute Gasteiger partial charge is 0.407 e. The number of alkyl carbamates (subject to hydrolysis) is 1. The molecule has 1 amide bonds. The van der Waals surface area contributed by atoms with Crippen molar-refractivity contribution in [3.05, 3.63) is 29.0 Å². The molecule has 21 heavy (non-hydrogen) atoms. The van der Waals surface area contributed by atoms with Crippen LogP contribution in [0, 0.1) is 0 Å². The van der Waals surface area contributed by atoms with E-state index >= 15 is 0 Å². The Hall–Kier alpha value is -1.56. The van der Waals surface area contributed by atoms with Crippen molar-refractivity contribution >= 4 is 33.1 Å². The summed E-state index contributed by atoms with van der Waals surface area (Å²) in [5.74, 6) is 0. The van der Waals surface area contributed by atoms with Gasteiger partial charge in [-0.15, -0.1) is 0 Å². The Balaban J connectivity index is 1.83. The van der Waals surface area contributed by atoms with Crippen molar-refractivity contribution in [3.63, 3.8) is 0 Å². The van der Waals surface area contributed by atoms with Crippen LogP contribution in [0.2, 0.25) is 0 Å². The summed E-state index contributed by atoms with van der Waals surface area (Å²) in [4.78, 5) is 15.9. The number of benzene rings is 1. The van der Waals surface area contributed by atoms with Crippen molar-refractivity contribution in [3.8, 4) is 0 Å². The number of rotatable bonds is 4. The highest BCUT2D eigenvalue weighted by atomic mass is 79.9. The molecule has 0 aliphatic rings. The van der Waals surface area contributed by atoms with Gasteiger partial charge in [0.2, 0.25) is 0 Å². The van der Waals surface area contributed by atoms with Crippen LogP contribution in [0.5, 0.6) is 0 Å². The summed E-state index contributed by atoms with van der Waals surface area (Å²) >= 11 is 3.47. The van der Waals surface area contributed by atoms with Crippen LogP contribution in [0.15, 0.2) is 29.0 Å². The van der Waals surface area contributed by atoms with E-state index in [1.807, 2.05) is 45.3 Å². The van der Waals surface area contributed by atoms with Crippen molar-refractivity contribution in [2.24, 2.45) is 0 Å². The lowest BCUT2D eigenvalue weighted by Gasteiger charge is -2.19. The number of hydrogen-bond donors (Lipinski definition) is 1. The normalized spacial score (nSPS) is 11.6. The van der Waals surface area contributed by atoms with Gasteiger partial charge in [0.15, 0.2) is 0 Å². The van der Waals surface area contributed by atoms with Gasteiger partial charge in [-0.1, -0.05) is 15.9 Å². The van der Waals surface area contributed by atoms with Gasteiger partial charge in [-0.2, -0.15) is 0 Å². The summed E-state index contributed by atoms with van der Waals surface area (Å²) in [5.41, 5.74) is 1.59. The average molecular weight is 354 g/mol. The number of aryl methyl sites for hydroxylation is 1. The zero-order chi connectivity index (χ0) is 15.5. The molecule has 114 valence electrons. The summed E-state index contributed by atoms with van der Waals surface area (Å²) < 4.78 is 8.30. The van der Waals surface area contributed by atoms with Gasteiger partial charge >= 0.3 is 6.09 Å². The molecule has 0 unspecified atom stereocenters. The number of imidazole rings is 1. The Labute approximate surface area is 132 Å². The van der Waals surface area contributed by atoms with Crippen molar-refractivity contribution in [2.75, 3.05) is 6.54 Å². The molecular weight excluding hydrogens is 334 g/mol. The van der Waals surface area contributed by atoms with E-state index in [9.17, 15) is 4.79 Å². The minimum absolute atomic E-state index is 0.374. The number of hydrogen-bond acceptors (Lipinski definition) is 3. The average Bonchev–Trinajstić information content (AvgIpc) is 2.75. The van der Waals surface area contributed by atoms with Crippen LogP contribution in [0.4, 0.5) is 4.79 Å². The molecule has 2 aromatic rings. The molecule has 2 rings (SSSR count). The van der Waals surface area contributed by atoms with Crippen molar-refractivity contribution in [1.82, 2.24) is 14.9 Å². The molecule has 5 nitrogen and oxygen atoms in total. The molecule has 6 heteroatoms. The lowest BCUT2D eigenvalue weighted by molar-refractivity contribution is 0.0527. The number of ether oxygens (including phenoxy) is 1. The lowest BCUT2D eigenvalue weighted by atomic mass is 10.2. The first-order chi connectivity index (χ1) is 9.85. The SMILES string of the molecule is CC(C)(C)OC(=O)NCCCn1cnc2ccc(Br)cc21. The first kappa shape index (κ1) is 15.8. The fourth-order valence-corrected chi connectivity index (χ4v) is 2.31. The van der Waals surface area contributed by atoms with Crippen LogP contribution in [0.25, 0.3) is 11.0 Å². The fourth-order valence-electron chi connectivity index (χ4n) is 1.96. The highest BCUT2D eigenvalue weighted by Gasteiger charge is 2.15. The minimum atomic E-state index is -0.461. The highest BCUT2D eigenvalue weighted by molar-refractivity contribution is 9.10. The van der Waals surface area contributed by atoms with Crippen LogP contribution in [-0.2, 0) is 11.3 Å². The van der Waals surface area contributed by atoms with E-state index in [2.05, 4.69) is 30.8 Å². The molecule has 1 heterocycles. The fraction of sp³-hybridized carbons (Fsp3) is 0.467. The van der Waals surface area contributed by atoms with Crippen LogP contribution in [-0.4, -0.2) is 27.8 Å². The quantitative estimate of drug-likeness (QED) is 0.852. The second kappa shape index (κ2) is 6.47. The van der Waals surface area contributed by atoms with Crippen LogP contribution >= 0.6 is 15.9 Å². The lowest BCUT2D eigenvalue weighted by Crippen LogP contribution is -2.33. The number of halogens is 1. The maximum atomic E-state index is 11.5. The zero-order valence-electron chi connectivity index (χ0n) is 12.5. The van der Waals surface area contributed by atoms with E-state index in [1.54, 1.807) is 0 Å². The third-order valence-corrected chi connectivity index (χ3v) is 3.32. The third kappa shape index (κ3) is 4.74. The highest BCUT2D eigenvalue weighted by Crippen LogP contribution is 2.18. The van der Waals surface area contributed by atoms with E-state index < -0.39 is 5.60 Å². The number of carbonyl (C=O) groups excluding carboxylic acids is 1. The van der Waals surface area contributed by atoms with Crippen LogP contribution in [0.1, 0.15) is 27.2 Å². The molecule has 0 spiro atoms. The second-order valence-electron chi connectivity index (χ2n) is 5.85. The van der Waals surface area contributed by atoms with Crippen molar-refractivity contribution in [2.45, 2.75) is 39.3 Å². The number of fused-ring (bicyclic) bond motifs is 1. The van der Waals surface area contributed by atoms with Crippen molar-refractivity contribution < 1.29 is 9.53 Å². The molecular formula is C15H20BrN3O2. The van der Waals surface area contributed by atoms with Gasteiger partial charge in [0.05, 0.1) is 17.4 Å². The predicted molar refractivity (Wildman–Crippen MR) is 86.3 cm³/mol. The third-order valence-electron chi connectivity index (χ3n) is 2.83. The molecule has 1 aromatic heterocycles. The van der Waals surface area contributed by atoms with Gasteiger partial charge in [-0.3, -0.25) is 0 Å². The van der Waals surface area contributed by atoms with Crippen molar-refractivity contribution in [1.29, 1.82) is 0 Å². The van der Waals surface area contributed by atoms with Crippen LogP contribution < -0.4 is 5.32 Å². The van der Waals surface area contributed by atoms with E-state index in [-0.39, 0.29) is 6.09 Å². The summed E-state index contributed by atoms with van der Waals surface area (Å²) in [5, 5.41) is 2.76. The molecule has 0 aliphatic heterocycles. The Morgan fingerprint density at radius 2 is 2.19 bits per heavy atom.